The van der Waals surface area contributed by atoms with Gasteiger partial charge in [0.05, 0.1) is 18.8 Å². The number of fused-ring (bicyclic) bond motifs is 1. The third-order valence-electron chi connectivity index (χ3n) is 3.09. The van der Waals surface area contributed by atoms with Gasteiger partial charge in [0.1, 0.15) is 0 Å². The van der Waals surface area contributed by atoms with Crippen molar-refractivity contribution < 1.29 is 15.3 Å². The summed E-state index contributed by atoms with van der Waals surface area (Å²) in [6.07, 6.45) is -1.42. The predicted molar refractivity (Wildman–Crippen MR) is 74.9 cm³/mol. The van der Waals surface area contributed by atoms with Crippen molar-refractivity contribution in [3.05, 3.63) is 48.0 Å². The molecule has 0 aromatic heterocycles. The summed E-state index contributed by atoms with van der Waals surface area (Å²) >= 11 is 0. The van der Waals surface area contributed by atoms with E-state index in [0.29, 0.717) is 6.54 Å². The summed E-state index contributed by atoms with van der Waals surface area (Å²) in [4.78, 5) is 0. The van der Waals surface area contributed by atoms with Crippen LogP contribution in [0.3, 0.4) is 0 Å². The van der Waals surface area contributed by atoms with Gasteiger partial charge < -0.3 is 20.6 Å². The zero-order valence-corrected chi connectivity index (χ0v) is 10.7. The van der Waals surface area contributed by atoms with E-state index in [1.165, 1.54) is 0 Å². The molecule has 2 unspecified atom stereocenters. The number of aliphatic hydroxyl groups is 3. The van der Waals surface area contributed by atoms with Gasteiger partial charge in [0, 0.05) is 13.1 Å². The second kappa shape index (κ2) is 6.63. The van der Waals surface area contributed by atoms with E-state index >= 15 is 0 Å². The highest BCUT2D eigenvalue weighted by Crippen LogP contribution is 2.19. The molecule has 0 radical (unpaired) electrons. The van der Waals surface area contributed by atoms with Crippen LogP contribution in [0.2, 0.25) is 0 Å². The van der Waals surface area contributed by atoms with E-state index in [9.17, 15) is 10.2 Å². The van der Waals surface area contributed by atoms with Crippen LogP contribution < -0.4 is 5.32 Å². The summed E-state index contributed by atoms with van der Waals surface area (Å²) in [5.74, 6) is 0. The smallest absolute Gasteiger partial charge is 0.0914 e. The van der Waals surface area contributed by atoms with Gasteiger partial charge in [-0.05, 0) is 22.4 Å². The average molecular weight is 261 g/mol. The lowest BCUT2D eigenvalue weighted by molar-refractivity contribution is 0.0891. The monoisotopic (exact) mass is 261 g/mol. The Labute approximate surface area is 112 Å². The van der Waals surface area contributed by atoms with Crippen LogP contribution in [0.5, 0.6) is 0 Å². The molecule has 4 nitrogen and oxygen atoms in total. The van der Waals surface area contributed by atoms with Crippen LogP contribution >= 0.6 is 0 Å². The van der Waals surface area contributed by atoms with Gasteiger partial charge in [-0.2, -0.15) is 0 Å². The van der Waals surface area contributed by atoms with Crippen molar-refractivity contribution in [2.75, 3.05) is 19.7 Å². The first-order valence-electron chi connectivity index (χ1n) is 6.37. The Morgan fingerprint density at radius 2 is 1.68 bits per heavy atom. The highest BCUT2D eigenvalue weighted by molar-refractivity contribution is 5.83. The predicted octanol–water partition coefficient (Wildman–Crippen LogP) is 0.816. The van der Waals surface area contributed by atoms with Crippen LogP contribution in [0.25, 0.3) is 10.8 Å². The van der Waals surface area contributed by atoms with E-state index in [0.717, 1.165) is 16.3 Å². The molecule has 0 saturated heterocycles. The minimum atomic E-state index is -0.788. The molecule has 0 heterocycles. The Morgan fingerprint density at radius 1 is 0.947 bits per heavy atom. The summed E-state index contributed by atoms with van der Waals surface area (Å²) < 4.78 is 0. The van der Waals surface area contributed by atoms with Crippen molar-refractivity contribution in [3.8, 4) is 0 Å². The molecule has 2 aromatic rings. The second-order valence-electron chi connectivity index (χ2n) is 4.62. The normalized spacial score (nSPS) is 14.5. The number of rotatable bonds is 6. The SMILES string of the molecule is OCC(O)CNCC(O)c1ccc2ccccc2c1. The van der Waals surface area contributed by atoms with Crippen molar-refractivity contribution in [2.24, 2.45) is 0 Å². The van der Waals surface area contributed by atoms with Crippen molar-refractivity contribution >= 4 is 10.8 Å². The van der Waals surface area contributed by atoms with Crippen LogP contribution in [0, 0.1) is 0 Å². The first-order valence-corrected chi connectivity index (χ1v) is 6.37. The molecular formula is C15H19NO3. The van der Waals surface area contributed by atoms with Crippen LogP contribution in [0.1, 0.15) is 11.7 Å². The molecule has 102 valence electrons. The molecule has 19 heavy (non-hydrogen) atoms. The largest absolute Gasteiger partial charge is 0.394 e. The van der Waals surface area contributed by atoms with Gasteiger partial charge in [0.15, 0.2) is 0 Å². The summed E-state index contributed by atoms with van der Waals surface area (Å²) in [6.45, 7) is 0.329. The average Bonchev–Trinajstić information content (AvgIpc) is 2.46. The summed E-state index contributed by atoms with van der Waals surface area (Å²) in [6, 6.07) is 13.8. The molecule has 4 heteroatoms. The summed E-state index contributed by atoms with van der Waals surface area (Å²) in [7, 11) is 0. The Bertz CT molecular complexity index is 530. The van der Waals surface area contributed by atoms with Gasteiger partial charge in [-0.3, -0.25) is 0 Å². The first-order chi connectivity index (χ1) is 9.20. The maximum absolute atomic E-state index is 10.1. The third kappa shape index (κ3) is 3.75. The van der Waals surface area contributed by atoms with Gasteiger partial charge in [0.2, 0.25) is 0 Å². The van der Waals surface area contributed by atoms with Crippen molar-refractivity contribution in [3.63, 3.8) is 0 Å². The van der Waals surface area contributed by atoms with Crippen LogP contribution in [0.15, 0.2) is 42.5 Å². The molecule has 0 aliphatic rings. The van der Waals surface area contributed by atoms with Gasteiger partial charge in [-0.25, -0.2) is 0 Å². The molecule has 0 aliphatic heterocycles. The third-order valence-corrected chi connectivity index (χ3v) is 3.09. The Kier molecular flexibility index (Phi) is 4.87. The molecule has 0 aliphatic carbocycles. The minimum absolute atomic E-state index is 0.265. The van der Waals surface area contributed by atoms with Gasteiger partial charge in [-0.1, -0.05) is 36.4 Å². The Hall–Kier alpha value is -1.46. The fourth-order valence-electron chi connectivity index (χ4n) is 1.98. The maximum Gasteiger partial charge on any atom is 0.0914 e. The van der Waals surface area contributed by atoms with Crippen LogP contribution in [-0.2, 0) is 0 Å². The highest BCUT2D eigenvalue weighted by Gasteiger charge is 2.09. The number of benzene rings is 2. The summed E-state index contributed by atoms with van der Waals surface area (Å²) in [5.41, 5.74) is 0.838. The molecule has 0 saturated carbocycles. The van der Waals surface area contributed by atoms with E-state index < -0.39 is 12.2 Å². The maximum atomic E-state index is 10.1. The van der Waals surface area contributed by atoms with E-state index in [4.69, 9.17) is 5.11 Å². The molecule has 2 atom stereocenters. The number of aliphatic hydroxyl groups excluding tert-OH is 3. The number of hydrogen-bond acceptors (Lipinski definition) is 4. The fraction of sp³-hybridized carbons (Fsp3) is 0.333. The first kappa shape index (κ1) is 14.0. The Balaban J connectivity index is 1.99. The van der Waals surface area contributed by atoms with Gasteiger partial charge in [-0.15, -0.1) is 0 Å². The van der Waals surface area contributed by atoms with Crippen molar-refractivity contribution in [1.82, 2.24) is 5.32 Å². The number of nitrogens with one attached hydrogen (secondary N) is 1. The molecule has 2 aromatic carbocycles. The van der Waals surface area contributed by atoms with Gasteiger partial charge >= 0.3 is 0 Å². The highest BCUT2D eigenvalue weighted by atomic mass is 16.3. The quantitative estimate of drug-likeness (QED) is 0.621. The van der Waals surface area contributed by atoms with E-state index in [1.54, 1.807) is 0 Å². The molecule has 0 spiro atoms. The molecule has 0 bridgehead atoms. The molecular weight excluding hydrogens is 242 g/mol. The van der Waals surface area contributed by atoms with Crippen LogP contribution in [-0.4, -0.2) is 41.1 Å². The zero-order valence-electron chi connectivity index (χ0n) is 10.7. The Morgan fingerprint density at radius 3 is 2.42 bits per heavy atom. The van der Waals surface area contributed by atoms with Crippen molar-refractivity contribution in [1.29, 1.82) is 0 Å². The molecule has 0 amide bonds. The molecule has 2 rings (SSSR count). The molecule has 4 N–H and O–H groups in total. The topological polar surface area (TPSA) is 72.7 Å². The lowest BCUT2D eigenvalue weighted by Gasteiger charge is -2.14. The van der Waals surface area contributed by atoms with E-state index in [1.807, 2.05) is 42.5 Å². The minimum Gasteiger partial charge on any atom is -0.394 e. The lowest BCUT2D eigenvalue weighted by atomic mass is 10.0. The van der Waals surface area contributed by atoms with Crippen molar-refractivity contribution in [2.45, 2.75) is 12.2 Å². The standard InChI is InChI=1S/C15H19NO3/c17-10-14(18)8-16-9-15(19)13-6-5-11-3-1-2-4-12(11)7-13/h1-7,14-19H,8-10H2. The molecule has 0 fully saturated rings. The number of hydrogen-bond donors (Lipinski definition) is 4. The van der Waals surface area contributed by atoms with E-state index in [-0.39, 0.29) is 13.2 Å². The lowest BCUT2D eigenvalue weighted by Crippen LogP contribution is -2.32. The zero-order chi connectivity index (χ0) is 13.7. The van der Waals surface area contributed by atoms with E-state index in [2.05, 4.69) is 5.32 Å². The van der Waals surface area contributed by atoms with Gasteiger partial charge in [0.25, 0.3) is 0 Å². The van der Waals surface area contributed by atoms with Crippen LogP contribution in [0.4, 0.5) is 0 Å². The fourth-order valence-corrected chi connectivity index (χ4v) is 1.98. The second-order valence-corrected chi connectivity index (χ2v) is 4.62. The summed E-state index contributed by atoms with van der Waals surface area (Å²) in [5, 5.41) is 33.1.